The summed E-state index contributed by atoms with van der Waals surface area (Å²) in [5, 5.41) is 3.30. The van der Waals surface area contributed by atoms with Gasteiger partial charge in [-0.3, -0.25) is 4.79 Å². The number of amides is 1. The van der Waals surface area contributed by atoms with Crippen LogP contribution in [-0.2, 0) is 4.74 Å². The van der Waals surface area contributed by atoms with Gasteiger partial charge in [0.15, 0.2) is 0 Å². The van der Waals surface area contributed by atoms with Gasteiger partial charge in [-0.2, -0.15) is 0 Å². The van der Waals surface area contributed by atoms with Crippen LogP contribution in [0.3, 0.4) is 0 Å². The lowest BCUT2D eigenvalue weighted by atomic mass is 10.2. The molecule has 0 saturated carbocycles. The van der Waals surface area contributed by atoms with Gasteiger partial charge < -0.3 is 10.1 Å². The summed E-state index contributed by atoms with van der Waals surface area (Å²) < 4.78 is 4.89. The highest BCUT2D eigenvalue weighted by atomic mass is 32.2. The van der Waals surface area contributed by atoms with Gasteiger partial charge in [0.1, 0.15) is 4.88 Å². The molecule has 0 radical (unpaired) electrons. The van der Waals surface area contributed by atoms with Gasteiger partial charge >= 0.3 is 5.97 Å². The molecule has 1 N–H and O–H groups in total. The quantitative estimate of drug-likeness (QED) is 0.402. The molecule has 28 heavy (non-hydrogen) atoms. The molecule has 4 nitrogen and oxygen atoms in total. The highest BCUT2D eigenvalue weighted by Crippen LogP contribution is 2.35. The van der Waals surface area contributed by atoms with Gasteiger partial charge in [0, 0.05) is 20.6 Å². The molecule has 6 heteroatoms. The van der Waals surface area contributed by atoms with Gasteiger partial charge in [-0.05, 0) is 29.8 Å². The maximum atomic E-state index is 12.8. The molecule has 0 aliphatic rings. The second kappa shape index (κ2) is 9.08. The zero-order chi connectivity index (χ0) is 20.1. The molecule has 0 bridgehead atoms. The van der Waals surface area contributed by atoms with E-state index in [1.807, 2.05) is 54.6 Å². The van der Waals surface area contributed by atoms with Crippen LogP contribution in [0.2, 0.25) is 0 Å². The van der Waals surface area contributed by atoms with E-state index in [9.17, 15) is 9.59 Å². The van der Waals surface area contributed by atoms with Crippen molar-refractivity contribution in [1.82, 2.24) is 0 Å². The smallest absolute Gasteiger partial charge is 0.350 e. The molecule has 0 saturated heterocycles. The van der Waals surface area contributed by atoms with Crippen molar-refractivity contribution in [2.24, 2.45) is 0 Å². The van der Waals surface area contributed by atoms with E-state index in [0.29, 0.717) is 21.4 Å². The highest BCUT2D eigenvalue weighted by molar-refractivity contribution is 7.99. The van der Waals surface area contributed by atoms with E-state index in [4.69, 9.17) is 4.74 Å². The van der Waals surface area contributed by atoms with Gasteiger partial charge in [-0.15, -0.1) is 23.1 Å². The third kappa shape index (κ3) is 4.82. The molecule has 0 unspecified atom stereocenters. The van der Waals surface area contributed by atoms with E-state index in [2.05, 4.69) is 19.2 Å². The van der Waals surface area contributed by atoms with E-state index < -0.39 is 5.97 Å². The largest absolute Gasteiger partial charge is 0.465 e. The number of thioether (sulfide) groups is 1. The van der Waals surface area contributed by atoms with Crippen LogP contribution in [0.5, 0.6) is 0 Å². The Balaban J connectivity index is 1.89. The molecule has 2 aromatic carbocycles. The number of carbonyl (C=O) groups is 2. The number of hydrogen-bond acceptors (Lipinski definition) is 5. The van der Waals surface area contributed by atoms with Crippen molar-refractivity contribution < 1.29 is 14.3 Å². The molecular weight excluding hydrogens is 390 g/mol. The van der Waals surface area contributed by atoms with Crippen molar-refractivity contribution in [2.45, 2.75) is 24.0 Å². The Morgan fingerprint density at radius 1 is 1.04 bits per heavy atom. The minimum Gasteiger partial charge on any atom is -0.465 e. The lowest BCUT2D eigenvalue weighted by molar-refractivity contribution is 0.0607. The van der Waals surface area contributed by atoms with E-state index in [0.717, 1.165) is 15.3 Å². The molecule has 144 valence electrons. The predicted molar refractivity (Wildman–Crippen MR) is 116 cm³/mol. The summed E-state index contributed by atoms with van der Waals surface area (Å²) in [6, 6.07) is 19.0. The van der Waals surface area contributed by atoms with Crippen LogP contribution >= 0.6 is 23.1 Å². The Kier molecular flexibility index (Phi) is 6.54. The Morgan fingerprint density at radius 3 is 2.46 bits per heavy atom. The summed E-state index contributed by atoms with van der Waals surface area (Å²) in [5.74, 6) is -0.722. The van der Waals surface area contributed by atoms with Gasteiger partial charge in [-0.1, -0.05) is 50.2 Å². The summed E-state index contributed by atoms with van der Waals surface area (Å²) >= 11 is 3.00. The maximum absolute atomic E-state index is 12.8. The third-order valence-corrected chi connectivity index (χ3v) is 6.04. The molecule has 0 aliphatic carbocycles. The van der Waals surface area contributed by atoms with Crippen LogP contribution in [-0.4, -0.2) is 24.2 Å². The molecule has 3 aromatic rings. The second-order valence-corrected chi connectivity index (χ2v) is 9.06. The minimum absolute atomic E-state index is 0.256. The number of benzene rings is 2. The third-order valence-electron chi connectivity index (χ3n) is 3.88. The first kappa shape index (κ1) is 20.2. The number of methoxy groups -OCH3 is 1. The van der Waals surface area contributed by atoms with Gasteiger partial charge in [-0.25, -0.2) is 4.79 Å². The SMILES string of the molecule is COC(=O)c1sc(-c2ccccc2)cc1NC(=O)c1cccc(SC(C)C)c1. The number of esters is 1. The number of thiophene rings is 1. The Labute approximate surface area is 172 Å². The van der Waals surface area contributed by atoms with E-state index in [1.54, 1.807) is 17.8 Å². The normalized spacial score (nSPS) is 10.7. The minimum atomic E-state index is -0.466. The number of hydrogen-bond donors (Lipinski definition) is 1. The predicted octanol–water partition coefficient (Wildman–Crippen LogP) is 5.95. The van der Waals surface area contributed by atoms with Crippen LogP contribution in [0.1, 0.15) is 33.9 Å². The summed E-state index contributed by atoms with van der Waals surface area (Å²) in [5.41, 5.74) is 1.99. The summed E-state index contributed by atoms with van der Waals surface area (Å²) in [6.07, 6.45) is 0. The van der Waals surface area contributed by atoms with Crippen molar-refractivity contribution in [2.75, 3.05) is 12.4 Å². The molecular formula is C22H21NO3S2. The van der Waals surface area contributed by atoms with Gasteiger partial charge in [0.25, 0.3) is 5.91 Å². The maximum Gasteiger partial charge on any atom is 0.350 e. The topological polar surface area (TPSA) is 55.4 Å². The zero-order valence-corrected chi connectivity index (χ0v) is 17.5. The second-order valence-electron chi connectivity index (χ2n) is 6.36. The summed E-state index contributed by atoms with van der Waals surface area (Å²) in [4.78, 5) is 27.3. The van der Waals surface area contributed by atoms with Crippen LogP contribution in [0.4, 0.5) is 5.69 Å². The van der Waals surface area contributed by atoms with Crippen molar-refractivity contribution in [3.63, 3.8) is 0 Å². The molecule has 1 heterocycles. The first-order chi connectivity index (χ1) is 13.5. The Bertz CT molecular complexity index is 980. The zero-order valence-electron chi connectivity index (χ0n) is 15.9. The van der Waals surface area contributed by atoms with E-state index in [-0.39, 0.29) is 5.91 Å². The molecule has 0 aliphatic heterocycles. The fraction of sp³-hybridized carbons (Fsp3) is 0.182. The van der Waals surface area contributed by atoms with E-state index in [1.165, 1.54) is 18.4 Å². The average Bonchev–Trinajstić information content (AvgIpc) is 3.11. The highest BCUT2D eigenvalue weighted by Gasteiger charge is 2.20. The average molecular weight is 412 g/mol. The molecule has 0 fully saturated rings. The fourth-order valence-corrected chi connectivity index (χ4v) is 4.58. The van der Waals surface area contributed by atoms with Gasteiger partial charge in [0.05, 0.1) is 12.8 Å². The summed E-state index contributed by atoms with van der Waals surface area (Å²) in [7, 11) is 1.34. The Morgan fingerprint density at radius 2 is 1.79 bits per heavy atom. The van der Waals surface area contributed by atoms with Crippen LogP contribution in [0.15, 0.2) is 65.6 Å². The standard InChI is InChI=1S/C22H21NO3S2/c1-14(2)27-17-11-7-10-16(12-17)21(24)23-18-13-19(15-8-5-4-6-9-15)28-20(18)22(25)26-3/h4-14H,1-3H3,(H,23,24). The monoisotopic (exact) mass is 411 g/mol. The fourth-order valence-electron chi connectivity index (χ4n) is 2.65. The first-order valence-corrected chi connectivity index (χ1v) is 10.5. The van der Waals surface area contributed by atoms with Gasteiger partial charge in [0.2, 0.25) is 0 Å². The van der Waals surface area contributed by atoms with Crippen LogP contribution < -0.4 is 5.32 Å². The first-order valence-electron chi connectivity index (χ1n) is 8.83. The number of carbonyl (C=O) groups excluding carboxylic acids is 2. The van der Waals surface area contributed by atoms with Crippen LogP contribution in [0, 0.1) is 0 Å². The van der Waals surface area contributed by atoms with Crippen molar-refractivity contribution >= 4 is 40.7 Å². The number of ether oxygens (including phenoxy) is 1. The van der Waals surface area contributed by atoms with E-state index >= 15 is 0 Å². The molecule has 3 rings (SSSR count). The number of rotatable bonds is 6. The van der Waals surface area contributed by atoms with Crippen molar-refractivity contribution in [3.05, 3.63) is 71.1 Å². The lowest BCUT2D eigenvalue weighted by Gasteiger charge is -2.08. The molecule has 1 aromatic heterocycles. The lowest BCUT2D eigenvalue weighted by Crippen LogP contribution is -2.14. The number of anilines is 1. The number of nitrogens with one attached hydrogen (secondary N) is 1. The van der Waals surface area contributed by atoms with Crippen molar-refractivity contribution in [3.8, 4) is 10.4 Å². The molecule has 0 atom stereocenters. The van der Waals surface area contributed by atoms with Crippen LogP contribution in [0.25, 0.3) is 10.4 Å². The Hall–Kier alpha value is -2.57. The van der Waals surface area contributed by atoms with Crippen molar-refractivity contribution in [1.29, 1.82) is 0 Å². The molecule has 1 amide bonds. The molecule has 0 spiro atoms. The summed E-state index contributed by atoms with van der Waals surface area (Å²) in [6.45, 7) is 4.22.